The van der Waals surface area contributed by atoms with E-state index in [0.29, 0.717) is 5.69 Å². The van der Waals surface area contributed by atoms with Crippen molar-refractivity contribution in [2.24, 2.45) is 0 Å². The SMILES string of the molecule is Nc1ccncc1-c1cncn1CCc1cscn1. The summed E-state index contributed by atoms with van der Waals surface area (Å²) in [5.74, 6) is 0. The van der Waals surface area contributed by atoms with E-state index < -0.39 is 0 Å². The lowest BCUT2D eigenvalue weighted by Gasteiger charge is -2.08. The molecule has 0 radical (unpaired) electrons. The molecule has 0 aliphatic carbocycles. The van der Waals surface area contributed by atoms with Crippen LogP contribution in [0.1, 0.15) is 5.69 Å². The second kappa shape index (κ2) is 5.19. The van der Waals surface area contributed by atoms with E-state index in [1.807, 2.05) is 18.0 Å². The molecule has 0 saturated carbocycles. The maximum absolute atomic E-state index is 5.98. The van der Waals surface area contributed by atoms with Crippen molar-refractivity contribution in [1.82, 2.24) is 19.5 Å². The van der Waals surface area contributed by atoms with Gasteiger partial charge in [0.15, 0.2) is 0 Å². The molecule has 5 nitrogen and oxygen atoms in total. The summed E-state index contributed by atoms with van der Waals surface area (Å²) in [6.45, 7) is 0.827. The van der Waals surface area contributed by atoms with Crippen LogP contribution in [-0.4, -0.2) is 19.5 Å². The first-order valence-corrected chi connectivity index (χ1v) is 6.86. The number of imidazole rings is 1. The summed E-state index contributed by atoms with van der Waals surface area (Å²) >= 11 is 1.61. The maximum Gasteiger partial charge on any atom is 0.0951 e. The third-order valence-electron chi connectivity index (χ3n) is 2.94. The Labute approximate surface area is 114 Å². The molecule has 0 saturated heterocycles. The molecule has 0 amide bonds. The van der Waals surface area contributed by atoms with Crippen molar-refractivity contribution in [2.75, 3.05) is 5.73 Å². The first kappa shape index (κ1) is 11.9. The van der Waals surface area contributed by atoms with Crippen LogP contribution in [0.15, 0.2) is 41.9 Å². The van der Waals surface area contributed by atoms with Gasteiger partial charge in [0, 0.05) is 42.0 Å². The highest BCUT2D eigenvalue weighted by Crippen LogP contribution is 2.24. The minimum absolute atomic E-state index is 0.713. The zero-order valence-corrected chi connectivity index (χ0v) is 11.0. The molecule has 0 atom stereocenters. The molecule has 0 aliphatic rings. The number of anilines is 1. The summed E-state index contributed by atoms with van der Waals surface area (Å²) in [6, 6.07) is 1.80. The number of pyridine rings is 1. The van der Waals surface area contributed by atoms with Crippen molar-refractivity contribution in [3.8, 4) is 11.3 Å². The quantitative estimate of drug-likeness (QED) is 0.790. The summed E-state index contributed by atoms with van der Waals surface area (Å²) in [5.41, 5.74) is 11.5. The first-order chi connectivity index (χ1) is 9.34. The van der Waals surface area contributed by atoms with Crippen molar-refractivity contribution in [3.63, 3.8) is 0 Å². The topological polar surface area (TPSA) is 69.6 Å². The average molecular weight is 271 g/mol. The number of hydrogen-bond acceptors (Lipinski definition) is 5. The monoisotopic (exact) mass is 271 g/mol. The fourth-order valence-corrected chi connectivity index (χ4v) is 2.53. The molecule has 2 N–H and O–H groups in total. The summed E-state index contributed by atoms with van der Waals surface area (Å²) in [7, 11) is 0. The Morgan fingerprint density at radius 2 is 2.21 bits per heavy atom. The van der Waals surface area contributed by atoms with Gasteiger partial charge >= 0.3 is 0 Å². The van der Waals surface area contributed by atoms with E-state index in [1.54, 1.807) is 29.8 Å². The molecule has 3 rings (SSSR count). The van der Waals surface area contributed by atoms with E-state index in [4.69, 9.17) is 5.73 Å². The smallest absolute Gasteiger partial charge is 0.0951 e. The molecule has 0 aliphatic heterocycles. The molecule has 3 aromatic heterocycles. The Morgan fingerprint density at radius 3 is 3.00 bits per heavy atom. The van der Waals surface area contributed by atoms with Gasteiger partial charge in [-0.2, -0.15) is 0 Å². The van der Waals surface area contributed by atoms with Crippen LogP contribution in [-0.2, 0) is 13.0 Å². The first-order valence-electron chi connectivity index (χ1n) is 5.91. The average Bonchev–Trinajstić information content (AvgIpc) is 3.08. The number of rotatable bonds is 4. The van der Waals surface area contributed by atoms with Gasteiger partial charge in [-0.15, -0.1) is 11.3 Å². The van der Waals surface area contributed by atoms with E-state index in [1.165, 1.54) is 0 Å². The van der Waals surface area contributed by atoms with Crippen LogP contribution < -0.4 is 5.73 Å². The largest absolute Gasteiger partial charge is 0.398 e. The summed E-state index contributed by atoms with van der Waals surface area (Å²) in [5, 5.41) is 2.06. The van der Waals surface area contributed by atoms with Crippen molar-refractivity contribution in [1.29, 1.82) is 0 Å². The Hall–Kier alpha value is -2.21. The third kappa shape index (κ3) is 2.48. The van der Waals surface area contributed by atoms with Gasteiger partial charge in [0.25, 0.3) is 0 Å². The standard InChI is InChI=1S/C13H13N5S/c14-12-1-3-15-5-11(12)13-6-16-8-18(13)4-2-10-7-19-9-17-10/h1,3,5-9H,2,4H2,(H2,14,15). The summed E-state index contributed by atoms with van der Waals surface area (Å²) in [6.07, 6.45) is 7.97. The summed E-state index contributed by atoms with van der Waals surface area (Å²) < 4.78 is 2.08. The minimum Gasteiger partial charge on any atom is -0.398 e. The van der Waals surface area contributed by atoms with E-state index in [0.717, 1.165) is 29.9 Å². The van der Waals surface area contributed by atoms with Gasteiger partial charge in [0.05, 0.1) is 29.4 Å². The number of hydrogen-bond donors (Lipinski definition) is 1. The molecular formula is C13H13N5S. The molecule has 96 valence electrons. The number of nitrogens with zero attached hydrogens (tertiary/aromatic N) is 4. The lowest BCUT2D eigenvalue weighted by atomic mass is 10.2. The predicted molar refractivity (Wildman–Crippen MR) is 75.7 cm³/mol. The van der Waals surface area contributed by atoms with Gasteiger partial charge in [-0.1, -0.05) is 0 Å². The zero-order chi connectivity index (χ0) is 13.1. The zero-order valence-electron chi connectivity index (χ0n) is 10.2. The highest BCUT2D eigenvalue weighted by Gasteiger charge is 2.08. The normalized spacial score (nSPS) is 10.7. The molecular weight excluding hydrogens is 258 g/mol. The van der Waals surface area contributed by atoms with Gasteiger partial charge in [0.2, 0.25) is 0 Å². The van der Waals surface area contributed by atoms with Crippen LogP contribution in [0.2, 0.25) is 0 Å². The molecule has 0 unspecified atom stereocenters. The fourth-order valence-electron chi connectivity index (χ4n) is 1.94. The second-order valence-electron chi connectivity index (χ2n) is 4.16. The molecule has 0 spiro atoms. The molecule has 0 aromatic carbocycles. The van der Waals surface area contributed by atoms with Crippen LogP contribution in [0.5, 0.6) is 0 Å². The number of nitrogen functional groups attached to an aromatic ring is 1. The van der Waals surface area contributed by atoms with Gasteiger partial charge in [-0.05, 0) is 6.07 Å². The van der Waals surface area contributed by atoms with E-state index in [-0.39, 0.29) is 0 Å². The van der Waals surface area contributed by atoms with Gasteiger partial charge < -0.3 is 10.3 Å². The molecule has 0 fully saturated rings. The predicted octanol–water partition coefficient (Wildman–Crippen LogP) is 2.23. The maximum atomic E-state index is 5.98. The second-order valence-corrected chi connectivity index (χ2v) is 4.88. The Bertz CT molecular complexity index is 659. The summed E-state index contributed by atoms with van der Waals surface area (Å²) in [4.78, 5) is 12.6. The van der Waals surface area contributed by atoms with Crippen molar-refractivity contribution in [2.45, 2.75) is 13.0 Å². The van der Waals surface area contributed by atoms with Crippen molar-refractivity contribution < 1.29 is 0 Å². The molecule has 6 heteroatoms. The van der Waals surface area contributed by atoms with Crippen molar-refractivity contribution in [3.05, 3.63) is 47.6 Å². The number of thiazole rings is 1. The van der Waals surface area contributed by atoms with Crippen LogP contribution in [0.3, 0.4) is 0 Å². The fraction of sp³-hybridized carbons (Fsp3) is 0.154. The molecule has 3 heterocycles. The van der Waals surface area contributed by atoms with E-state index in [9.17, 15) is 0 Å². The van der Waals surface area contributed by atoms with E-state index in [2.05, 4.69) is 24.9 Å². The lowest BCUT2D eigenvalue weighted by molar-refractivity contribution is 0.693. The van der Waals surface area contributed by atoms with Gasteiger partial charge in [-0.25, -0.2) is 9.97 Å². The van der Waals surface area contributed by atoms with Crippen LogP contribution in [0.4, 0.5) is 5.69 Å². The Balaban J connectivity index is 1.84. The number of aromatic nitrogens is 4. The van der Waals surface area contributed by atoms with Gasteiger partial charge in [0.1, 0.15) is 0 Å². The minimum atomic E-state index is 0.713. The van der Waals surface area contributed by atoms with E-state index >= 15 is 0 Å². The van der Waals surface area contributed by atoms with Crippen LogP contribution in [0.25, 0.3) is 11.3 Å². The molecule has 19 heavy (non-hydrogen) atoms. The third-order valence-corrected chi connectivity index (χ3v) is 3.57. The Kier molecular flexibility index (Phi) is 3.24. The van der Waals surface area contributed by atoms with Crippen LogP contribution in [0, 0.1) is 0 Å². The Morgan fingerprint density at radius 1 is 1.26 bits per heavy atom. The van der Waals surface area contributed by atoms with Crippen LogP contribution >= 0.6 is 11.3 Å². The number of aryl methyl sites for hydroxylation is 2. The molecule has 0 bridgehead atoms. The van der Waals surface area contributed by atoms with Crippen molar-refractivity contribution >= 4 is 17.0 Å². The molecule has 3 aromatic rings. The van der Waals surface area contributed by atoms with Gasteiger partial charge in [-0.3, -0.25) is 4.98 Å². The lowest BCUT2D eigenvalue weighted by Crippen LogP contribution is -2.03. The highest BCUT2D eigenvalue weighted by molar-refractivity contribution is 7.07. The highest BCUT2D eigenvalue weighted by atomic mass is 32.1. The number of nitrogens with two attached hydrogens (primary N) is 1.